The summed E-state index contributed by atoms with van der Waals surface area (Å²) in [4.78, 5) is 0. The highest BCUT2D eigenvalue weighted by Crippen LogP contribution is 2.44. The molecule has 114 valence electrons. The van der Waals surface area contributed by atoms with E-state index in [4.69, 9.17) is 0 Å². The van der Waals surface area contributed by atoms with Crippen LogP contribution in [0, 0.1) is 29.1 Å². The molecule has 3 atom stereocenters. The van der Waals surface area contributed by atoms with Crippen LogP contribution in [-0.2, 0) is 0 Å². The maximum Gasteiger partial charge on any atom is 0.00104 e. The van der Waals surface area contributed by atoms with Crippen molar-refractivity contribution in [1.29, 1.82) is 0 Å². The molecular formula is C18H37N. The Hall–Kier alpha value is -0.0400. The van der Waals surface area contributed by atoms with Gasteiger partial charge < -0.3 is 5.32 Å². The van der Waals surface area contributed by atoms with E-state index in [9.17, 15) is 0 Å². The summed E-state index contributed by atoms with van der Waals surface area (Å²) in [6.07, 6.45) is 5.73. The molecule has 0 radical (unpaired) electrons. The minimum Gasteiger partial charge on any atom is -0.314 e. The number of hydrogen-bond acceptors (Lipinski definition) is 1. The van der Waals surface area contributed by atoms with Gasteiger partial charge in [0.05, 0.1) is 0 Å². The number of rotatable bonds is 5. The summed E-state index contributed by atoms with van der Waals surface area (Å²) < 4.78 is 0. The first-order valence-corrected chi connectivity index (χ1v) is 8.43. The third kappa shape index (κ3) is 5.85. The summed E-state index contributed by atoms with van der Waals surface area (Å²) in [5.74, 6) is 3.60. The van der Waals surface area contributed by atoms with Crippen LogP contribution in [0.1, 0.15) is 74.1 Å². The molecule has 0 aliphatic heterocycles. The molecule has 1 heteroatoms. The van der Waals surface area contributed by atoms with Gasteiger partial charge in [-0.3, -0.25) is 0 Å². The Balaban J connectivity index is 2.61. The largest absolute Gasteiger partial charge is 0.314 e. The molecule has 0 aromatic carbocycles. The van der Waals surface area contributed by atoms with E-state index in [-0.39, 0.29) is 0 Å². The topological polar surface area (TPSA) is 12.0 Å². The van der Waals surface area contributed by atoms with Gasteiger partial charge in [0, 0.05) is 6.04 Å². The van der Waals surface area contributed by atoms with Crippen LogP contribution in [-0.4, -0.2) is 12.6 Å². The molecule has 0 bridgehead atoms. The summed E-state index contributed by atoms with van der Waals surface area (Å²) in [5, 5.41) is 3.67. The minimum absolute atomic E-state index is 0.492. The van der Waals surface area contributed by atoms with Crippen LogP contribution in [0.3, 0.4) is 0 Å². The lowest BCUT2D eigenvalue weighted by molar-refractivity contribution is 0.0848. The Labute approximate surface area is 121 Å². The molecule has 1 fully saturated rings. The third-order valence-electron chi connectivity index (χ3n) is 4.93. The van der Waals surface area contributed by atoms with Crippen molar-refractivity contribution in [2.24, 2.45) is 29.1 Å². The van der Waals surface area contributed by atoms with Gasteiger partial charge in [-0.15, -0.1) is 0 Å². The third-order valence-corrected chi connectivity index (χ3v) is 4.93. The second-order valence-corrected chi connectivity index (χ2v) is 8.59. The fourth-order valence-electron chi connectivity index (χ4n) is 3.66. The van der Waals surface area contributed by atoms with Gasteiger partial charge in [-0.1, -0.05) is 48.5 Å². The van der Waals surface area contributed by atoms with Gasteiger partial charge >= 0.3 is 0 Å². The monoisotopic (exact) mass is 267 g/mol. The van der Waals surface area contributed by atoms with Crippen LogP contribution >= 0.6 is 0 Å². The molecule has 1 aliphatic rings. The van der Waals surface area contributed by atoms with Crippen LogP contribution < -0.4 is 5.32 Å². The SMILES string of the molecule is CC(C)CC1CC(C(C)(C)C)CCC1CNC(C)C. The second-order valence-electron chi connectivity index (χ2n) is 8.59. The summed E-state index contributed by atoms with van der Waals surface area (Å²) in [6, 6.07) is 0.625. The lowest BCUT2D eigenvalue weighted by atomic mass is 9.64. The molecule has 1 aliphatic carbocycles. The number of hydrogen-bond donors (Lipinski definition) is 1. The predicted octanol–water partition coefficient (Wildman–Crippen LogP) is 5.11. The van der Waals surface area contributed by atoms with Crippen LogP contribution in [0.15, 0.2) is 0 Å². The maximum absolute atomic E-state index is 3.67. The average molecular weight is 268 g/mol. The Morgan fingerprint density at radius 2 is 1.63 bits per heavy atom. The highest BCUT2D eigenvalue weighted by Gasteiger charge is 2.35. The standard InChI is InChI=1S/C18H37N/c1-13(2)10-16-11-17(18(5,6)7)9-8-15(16)12-19-14(3)4/h13-17,19H,8-12H2,1-7H3. The van der Waals surface area contributed by atoms with E-state index in [0.29, 0.717) is 11.5 Å². The van der Waals surface area contributed by atoms with Crippen molar-refractivity contribution in [2.45, 2.75) is 80.2 Å². The summed E-state index contributed by atoms with van der Waals surface area (Å²) >= 11 is 0. The molecule has 3 unspecified atom stereocenters. The molecule has 0 aromatic rings. The van der Waals surface area contributed by atoms with Crippen molar-refractivity contribution in [3.63, 3.8) is 0 Å². The van der Waals surface area contributed by atoms with Crippen molar-refractivity contribution in [1.82, 2.24) is 5.32 Å². The minimum atomic E-state index is 0.492. The molecule has 0 saturated heterocycles. The number of nitrogens with one attached hydrogen (secondary N) is 1. The quantitative estimate of drug-likeness (QED) is 0.730. The van der Waals surface area contributed by atoms with Crippen LogP contribution in [0.4, 0.5) is 0 Å². The highest BCUT2D eigenvalue weighted by molar-refractivity contribution is 4.87. The average Bonchev–Trinajstić information content (AvgIpc) is 2.25. The van der Waals surface area contributed by atoms with Crippen molar-refractivity contribution in [3.8, 4) is 0 Å². The maximum atomic E-state index is 3.67. The second kappa shape index (κ2) is 7.11. The zero-order valence-electron chi connectivity index (χ0n) is 14.4. The molecule has 1 N–H and O–H groups in total. The van der Waals surface area contributed by atoms with E-state index in [1.54, 1.807) is 0 Å². The van der Waals surface area contributed by atoms with E-state index < -0.39 is 0 Å². The first-order chi connectivity index (χ1) is 8.70. The summed E-state index contributed by atoms with van der Waals surface area (Å²) in [5.41, 5.74) is 0.492. The van der Waals surface area contributed by atoms with Crippen molar-refractivity contribution in [2.75, 3.05) is 6.54 Å². The Morgan fingerprint density at radius 1 is 1.00 bits per heavy atom. The Morgan fingerprint density at radius 3 is 2.11 bits per heavy atom. The first-order valence-electron chi connectivity index (χ1n) is 8.43. The molecule has 1 saturated carbocycles. The predicted molar refractivity (Wildman–Crippen MR) is 86.4 cm³/mol. The van der Waals surface area contributed by atoms with E-state index in [1.807, 2.05) is 0 Å². The van der Waals surface area contributed by atoms with Gasteiger partial charge in [-0.25, -0.2) is 0 Å². The van der Waals surface area contributed by atoms with Gasteiger partial charge in [0.25, 0.3) is 0 Å². The van der Waals surface area contributed by atoms with Crippen molar-refractivity contribution < 1.29 is 0 Å². The fraction of sp³-hybridized carbons (Fsp3) is 1.00. The molecular weight excluding hydrogens is 230 g/mol. The molecule has 1 rings (SSSR count). The van der Waals surface area contributed by atoms with Gasteiger partial charge in [-0.05, 0) is 61.3 Å². The normalized spacial score (nSPS) is 29.2. The lowest BCUT2D eigenvalue weighted by Crippen LogP contribution is -2.38. The van der Waals surface area contributed by atoms with E-state index in [2.05, 4.69) is 53.8 Å². The van der Waals surface area contributed by atoms with Gasteiger partial charge in [0.15, 0.2) is 0 Å². The van der Waals surface area contributed by atoms with E-state index in [1.165, 1.54) is 32.2 Å². The Kier molecular flexibility index (Phi) is 6.36. The molecule has 0 amide bonds. The summed E-state index contributed by atoms with van der Waals surface area (Å²) in [7, 11) is 0. The fourth-order valence-corrected chi connectivity index (χ4v) is 3.66. The van der Waals surface area contributed by atoms with Gasteiger partial charge in [0.1, 0.15) is 0 Å². The van der Waals surface area contributed by atoms with Gasteiger partial charge in [-0.2, -0.15) is 0 Å². The molecule has 0 heterocycles. The Bertz CT molecular complexity index is 249. The van der Waals surface area contributed by atoms with E-state index in [0.717, 1.165) is 23.7 Å². The zero-order chi connectivity index (χ0) is 14.6. The van der Waals surface area contributed by atoms with Crippen LogP contribution in [0.2, 0.25) is 0 Å². The lowest BCUT2D eigenvalue weighted by Gasteiger charge is -2.43. The summed E-state index contributed by atoms with van der Waals surface area (Å²) in [6.45, 7) is 17.8. The van der Waals surface area contributed by atoms with E-state index >= 15 is 0 Å². The molecule has 19 heavy (non-hydrogen) atoms. The smallest absolute Gasteiger partial charge is 0.00104 e. The molecule has 0 spiro atoms. The molecule has 1 nitrogen and oxygen atoms in total. The van der Waals surface area contributed by atoms with Gasteiger partial charge in [0.2, 0.25) is 0 Å². The first kappa shape index (κ1) is 17.0. The van der Waals surface area contributed by atoms with Crippen LogP contribution in [0.5, 0.6) is 0 Å². The van der Waals surface area contributed by atoms with Crippen molar-refractivity contribution >= 4 is 0 Å². The highest BCUT2D eigenvalue weighted by atomic mass is 14.9. The van der Waals surface area contributed by atoms with Crippen molar-refractivity contribution in [3.05, 3.63) is 0 Å². The van der Waals surface area contributed by atoms with Crippen LogP contribution in [0.25, 0.3) is 0 Å². The zero-order valence-corrected chi connectivity index (χ0v) is 14.4. The molecule has 0 aromatic heterocycles.